The van der Waals surface area contributed by atoms with E-state index in [1.54, 1.807) is 52.0 Å². The van der Waals surface area contributed by atoms with E-state index in [0.29, 0.717) is 36.9 Å². The molecule has 1 aromatic carbocycles. The van der Waals surface area contributed by atoms with Crippen LogP contribution in [0.1, 0.15) is 85.1 Å². The number of hydrogen-bond acceptors (Lipinski definition) is 13. The van der Waals surface area contributed by atoms with E-state index < -0.39 is 46.5 Å². The predicted octanol–water partition coefficient (Wildman–Crippen LogP) is 6.54. The number of amides is 4. The van der Waals surface area contributed by atoms with Gasteiger partial charge >= 0.3 is 23.8 Å². The summed E-state index contributed by atoms with van der Waals surface area (Å²) >= 11 is 0. The van der Waals surface area contributed by atoms with Crippen LogP contribution in [0.2, 0.25) is 0 Å². The molecule has 0 radical (unpaired) electrons. The van der Waals surface area contributed by atoms with Crippen molar-refractivity contribution in [3.8, 4) is 0 Å². The van der Waals surface area contributed by atoms with Crippen molar-refractivity contribution in [3.05, 3.63) is 58.3 Å². The van der Waals surface area contributed by atoms with E-state index >= 15 is 0 Å². The maximum Gasteiger partial charge on any atom is 0.408 e. The maximum atomic E-state index is 13.2. The summed E-state index contributed by atoms with van der Waals surface area (Å²) in [6.45, 7) is 8.16. The molecular weight excluding hydrogens is 703 g/mol. The highest BCUT2D eigenvalue weighted by Crippen LogP contribution is 2.36. The Morgan fingerprint density at radius 3 is 2.35 bits per heavy atom. The molecule has 0 aliphatic carbocycles. The van der Waals surface area contributed by atoms with Crippen LogP contribution in [0.5, 0.6) is 0 Å². The number of aromatic nitrogens is 1. The molecule has 0 fully saturated rings. The minimum atomic E-state index is -0.940. The second kappa shape index (κ2) is 21.6. The number of unbranched alkanes of at least 4 members (excludes halogenated alkanes) is 2. The fourth-order valence-electron chi connectivity index (χ4n) is 4.44. The molecule has 2 atom stereocenters. The number of pyridine rings is 1. The SMILES string of the molecule is CCC(=O)CC(CCCCCC(=O)C(CSSc1ncccc1[N+](=O)[O-])NC(=O)OC(C)(C)C)C(=O)NC(=O)Nc1ccc(COC(C)=O)cc1. The molecule has 2 rings (SSSR count). The first-order valence-corrected chi connectivity index (χ1v) is 18.7. The smallest absolute Gasteiger partial charge is 0.408 e. The van der Waals surface area contributed by atoms with E-state index in [1.807, 2.05) is 0 Å². The number of nitrogens with zero attached hydrogens (tertiary/aromatic N) is 2. The van der Waals surface area contributed by atoms with Gasteiger partial charge in [0.25, 0.3) is 0 Å². The van der Waals surface area contributed by atoms with Crippen molar-refractivity contribution in [2.75, 3.05) is 11.1 Å². The minimum Gasteiger partial charge on any atom is -0.461 e. The molecular formula is C34H45N5O10S2. The van der Waals surface area contributed by atoms with Gasteiger partial charge in [0.2, 0.25) is 5.91 Å². The van der Waals surface area contributed by atoms with E-state index in [-0.39, 0.29) is 53.9 Å². The molecule has 2 unspecified atom stereocenters. The number of Topliss-reactive ketones (excluding diaryl/α,β-unsaturated/α-hetero) is 2. The molecule has 0 aliphatic heterocycles. The van der Waals surface area contributed by atoms with E-state index in [4.69, 9.17) is 9.47 Å². The van der Waals surface area contributed by atoms with Crippen molar-refractivity contribution < 1.29 is 43.2 Å². The zero-order chi connectivity index (χ0) is 38.0. The molecule has 2 aromatic rings. The lowest BCUT2D eigenvalue weighted by atomic mass is 9.93. The Balaban J connectivity index is 1.92. The van der Waals surface area contributed by atoms with E-state index in [1.165, 1.54) is 25.3 Å². The predicted molar refractivity (Wildman–Crippen MR) is 193 cm³/mol. The topological polar surface area (TPSA) is 213 Å². The normalized spacial score (nSPS) is 12.2. The molecule has 51 heavy (non-hydrogen) atoms. The van der Waals surface area contributed by atoms with Gasteiger partial charge in [0.15, 0.2) is 10.8 Å². The summed E-state index contributed by atoms with van der Waals surface area (Å²) in [6, 6.07) is 7.61. The summed E-state index contributed by atoms with van der Waals surface area (Å²) < 4.78 is 10.3. The first kappa shape index (κ1) is 42.7. The molecule has 0 spiro atoms. The Morgan fingerprint density at radius 2 is 1.73 bits per heavy atom. The molecule has 3 N–H and O–H groups in total. The largest absolute Gasteiger partial charge is 0.461 e. The molecule has 1 aromatic heterocycles. The molecule has 0 aliphatic rings. The van der Waals surface area contributed by atoms with E-state index in [2.05, 4.69) is 20.9 Å². The fraction of sp³-hybridized carbons (Fsp3) is 0.500. The lowest BCUT2D eigenvalue weighted by Gasteiger charge is -2.23. The lowest BCUT2D eigenvalue weighted by Crippen LogP contribution is -2.44. The summed E-state index contributed by atoms with van der Waals surface area (Å²) in [7, 11) is 2.16. The second-order valence-corrected chi connectivity index (χ2v) is 14.8. The highest BCUT2D eigenvalue weighted by molar-refractivity contribution is 8.76. The maximum absolute atomic E-state index is 13.2. The number of esters is 1. The molecule has 0 saturated carbocycles. The second-order valence-electron chi connectivity index (χ2n) is 12.4. The summed E-state index contributed by atoms with van der Waals surface area (Å²) in [4.78, 5) is 89.3. The number of alkyl carbamates (subject to hydrolysis) is 1. The monoisotopic (exact) mass is 747 g/mol. The molecule has 0 bridgehead atoms. The Kier molecular flexibility index (Phi) is 18.1. The number of anilines is 1. The number of ether oxygens (including phenoxy) is 2. The number of hydrogen-bond donors (Lipinski definition) is 3. The number of imide groups is 1. The Labute approximate surface area is 304 Å². The summed E-state index contributed by atoms with van der Waals surface area (Å²) in [5.41, 5.74) is 0.159. The molecule has 1 heterocycles. The number of rotatable bonds is 20. The van der Waals surface area contributed by atoms with Crippen LogP contribution in [0.25, 0.3) is 0 Å². The average molecular weight is 748 g/mol. The number of nitro groups is 1. The third-order valence-electron chi connectivity index (χ3n) is 7.01. The van der Waals surface area contributed by atoms with Crippen molar-refractivity contribution in [1.82, 2.24) is 15.6 Å². The van der Waals surface area contributed by atoms with Crippen LogP contribution in [-0.2, 0) is 35.3 Å². The van der Waals surface area contributed by atoms with Gasteiger partial charge in [-0.2, -0.15) is 0 Å². The number of carbonyl (C=O) groups is 6. The highest BCUT2D eigenvalue weighted by atomic mass is 33.1. The number of nitrogens with one attached hydrogen (secondary N) is 3. The van der Waals surface area contributed by atoms with Crippen LogP contribution in [0.4, 0.5) is 21.0 Å². The fourth-order valence-corrected chi connectivity index (χ4v) is 6.69. The van der Waals surface area contributed by atoms with Crippen LogP contribution in [-0.4, -0.2) is 62.9 Å². The number of carbonyl (C=O) groups excluding carboxylic acids is 6. The number of ketones is 2. The van der Waals surface area contributed by atoms with Gasteiger partial charge in [-0.1, -0.05) is 42.7 Å². The van der Waals surface area contributed by atoms with Crippen LogP contribution < -0.4 is 16.0 Å². The standard InChI is InChI=1S/C34H45N5O10S2/c1-6-26(41)19-24(30(43)38-32(44)36-25-16-14-23(15-17-25)20-48-22(2)40)11-8-7-9-13-29(42)27(37-33(45)49-34(3,4)5)21-50-51-31-28(39(46)47)12-10-18-35-31/h10,12,14-18,24,27H,6-9,11,13,19-21H2,1-5H3,(H,37,45)(H2,36,38,43,44). The zero-order valence-corrected chi connectivity index (χ0v) is 31.0. The third kappa shape index (κ3) is 17.3. The van der Waals surface area contributed by atoms with Gasteiger partial charge < -0.3 is 20.1 Å². The Morgan fingerprint density at radius 1 is 1.02 bits per heavy atom. The van der Waals surface area contributed by atoms with Crippen LogP contribution in [0.3, 0.4) is 0 Å². The van der Waals surface area contributed by atoms with Crippen molar-refractivity contribution in [2.45, 2.75) is 103 Å². The summed E-state index contributed by atoms with van der Waals surface area (Å²) in [5, 5.41) is 19.0. The summed E-state index contributed by atoms with van der Waals surface area (Å²) in [5.74, 6) is -2.07. The summed E-state index contributed by atoms with van der Waals surface area (Å²) in [6.07, 6.45) is 2.71. The van der Waals surface area contributed by atoms with Crippen molar-refractivity contribution >= 4 is 68.5 Å². The van der Waals surface area contributed by atoms with Gasteiger partial charge in [0.05, 0.1) is 4.92 Å². The van der Waals surface area contributed by atoms with Crippen molar-refractivity contribution in [3.63, 3.8) is 0 Å². The molecule has 4 amide bonds. The highest BCUT2D eigenvalue weighted by Gasteiger charge is 2.26. The first-order chi connectivity index (χ1) is 24.1. The van der Waals surface area contributed by atoms with Gasteiger partial charge in [0, 0.05) is 55.8 Å². The van der Waals surface area contributed by atoms with Crippen molar-refractivity contribution in [1.29, 1.82) is 0 Å². The average Bonchev–Trinajstić information content (AvgIpc) is 3.05. The van der Waals surface area contributed by atoms with Gasteiger partial charge in [-0.05, 0) is 68.2 Å². The Hall–Kier alpha value is -4.51. The first-order valence-electron chi connectivity index (χ1n) is 16.3. The molecule has 15 nitrogen and oxygen atoms in total. The van der Waals surface area contributed by atoms with Crippen LogP contribution in [0.15, 0.2) is 47.6 Å². The minimum absolute atomic E-state index is 0.0371. The number of urea groups is 1. The van der Waals surface area contributed by atoms with Gasteiger partial charge in [-0.3, -0.25) is 34.6 Å². The van der Waals surface area contributed by atoms with Crippen LogP contribution >= 0.6 is 21.6 Å². The molecule has 0 saturated heterocycles. The van der Waals surface area contributed by atoms with E-state index in [9.17, 15) is 38.9 Å². The lowest BCUT2D eigenvalue weighted by molar-refractivity contribution is -0.388. The van der Waals surface area contributed by atoms with Crippen LogP contribution in [0, 0.1) is 16.0 Å². The quantitative estimate of drug-likeness (QED) is 0.0432. The Bertz CT molecular complexity index is 1530. The third-order valence-corrected chi connectivity index (χ3v) is 9.30. The molecule has 17 heteroatoms. The zero-order valence-electron chi connectivity index (χ0n) is 29.4. The van der Waals surface area contributed by atoms with Gasteiger partial charge in [0.1, 0.15) is 24.0 Å². The van der Waals surface area contributed by atoms with Gasteiger partial charge in [-0.25, -0.2) is 14.6 Å². The van der Waals surface area contributed by atoms with Crippen molar-refractivity contribution in [2.24, 2.45) is 5.92 Å². The molecule has 278 valence electrons. The van der Waals surface area contributed by atoms with E-state index in [0.717, 1.165) is 21.6 Å². The number of benzene rings is 1. The van der Waals surface area contributed by atoms with Gasteiger partial charge in [-0.15, -0.1) is 0 Å².